The summed E-state index contributed by atoms with van der Waals surface area (Å²) in [6.07, 6.45) is 11.2. The van der Waals surface area contributed by atoms with E-state index in [1.807, 2.05) is 0 Å². The van der Waals surface area contributed by atoms with Crippen LogP contribution >= 0.6 is 0 Å². The molecular weight excluding hydrogens is 220 g/mol. The zero-order valence-electron chi connectivity index (χ0n) is 12.5. The molecule has 0 bridgehead atoms. The van der Waals surface area contributed by atoms with E-state index in [0.717, 1.165) is 6.04 Å². The van der Waals surface area contributed by atoms with Gasteiger partial charge in [-0.05, 0) is 63.7 Å². The maximum absolute atomic E-state index is 3.72. The fraction of sp³-hybridized carbons (Fsp3) is 1.00. The molecule has 1 N–H and O–H groups in total. The van der Waals surface area contributed by atoms with Crippen molar-refractivity contribution in [3.8, 4) is 0 Å². The van der Waals surface area contributed by atoms with Gasteiger partial charge < -0.3 is 10.2 Å². The van der Waals surface area contributed by atoms with Gasteiger partial charge in [0.2, 0.25) is 0 Å². The van der Waals surface area contributed by atoms with E-state index in [1.54, 1.807) is 0 Å². The Morgan fingerprint density at radius 1 is 1.17 bits per heavy atom. The smallest absolute Gasteiger partial charge is 0.00670 e. The Morgan fingerprint density at radius 2 is 1.83 bits per heavy atom. The summed E-state index contributed by atoms with van der Waals surface area (Å²) in [5, 5.41) is 3.72. The quantitative estimate of drug-likeness (QED) is 0.729. The van der Waals surface area contributed by atoms with Gasteiger partial charge in [-0.3, -0.25) is 0 Å². The minimum absolute atomic E-state index is 0.637. The molecule has 1 heterocycles. The number of nitrogens with one attached hydrogen (secondary N) is 1. The van der Waals surface area contributed by atoms with E-state index in [1.165, 1.54) is 77.5 Å². The Bertz CT molecular complexity index is 225. The summed E-state index contributed by atoms with van der Waals surface area (Å²) < 4.78 is 0. The molecule has 1 aliphatic heterocycles. The van der Waals surface area contributed by atoms with Crippen molar-refractivity contribution in [2.24, 2.45) is 5.41 Å². The van der Waals surface area contributed by atoms with Gasteiger partial charge in [0, 0.05) is 6.04 Å². The molecule has 0 amide bonds. The molecule has 2 nitrogen and oxygen atoms in total. The fourth-order valence-electron chi connectivity index (χ4n) is 3.41. The number of hydrogen-bond donors (Lipinski definition) is 1. The number of piperidine rings is 1. The van der Waals surface area contributed by atoms with Gasteiger partial charge in [0.05, 0.1) is 0 Å². The van der Waals surface area contributed by atoms with Gasteiger partial charge in [0.1, 0.15) is 0 Å². The van der Waals surface area contributed by atoms with Crippen LogP contribution in [0.15, 0.2) is 0 Å². The third-order valence-electron chi connectivity index (χ3n) is 5.36. The molecule has 1 saturated heterocycles. The molecule has 2 fully saturated rings. The Morgan fingerprint density at radius 3 is 2.44 bits per heavy atom. The first-order valence-electron chi connectivity index (χ1n) is 8.18. The predicted octanol–water partition coefficient (Wildman–Crippen LogP) is 3.42. The summed E-state index contributed by atoms with van der Waals surface area (Å²) in [6, 6.07) is 0.842. The van der Waals surface area contributed by atoms with Crippen LogP contribution in [0.2, 0.25) is 0 Å². The van der Waals surface area contributed by atoms with Crippen molar-refractivity contribution >= 4 is 0 Å². The predicted molar refractivity (Wildman–Crippen MR) is 78.9 cm³/mol. The third kappa shape index (κ3) is 4.24. The van der Waals surface area contributed by atoms with E-state index in [0.29, 0.717) is 5.41 Å². The third-order valence-corrected chi connectivity index (χ3v) is 5.36. The van der Waals surface area contributed by atoms with Crippen LogP contribution in [0.3, 0.4) is 0 Å². The van der Waals surface area contributed by atoms with Gasteiger partial charge >= 0.3 is 0 Å². The molecule has 0 aromatic carbocycles. The summed E-state index contributed by atoms with van der Waals surface area (Å²) >= 11 is 0. The minimum Gasteiger partial charge on any atom is -0.314 e. The Hall–Kier alpha value is -0.0800. The fourth-order valence-corrected chi connectivity index (χ4v) is 3.41. The van der Waals surface area contributed by atoms with Crippen molar-refractivity contribution in [1.82, 2.24) is 10.2 Å². The Kier molecular flexibility index (Phi) is 5.50. The molecule has 0 radical (unpaired) electrons. The normalized spacial score (nSPS) is 25.7. The number of hydrogen-bond acceptors (Lipinski definition) is 2. The Balaban J connectivity index is 1.52. The molecule has 1 saturated carbocycles. The lowest BCUT2D eigenvalue weighted by molar-refractivity contribution is 0.114. The molecule has 18 heavy (non-hydrogen) atoms. The maximum Gasteiger partial charge on any atom is 0.00670 e. The summed E-state index contributed by atoms with van der Waals surface area (Å²) in [4.78, 5) is 2.67. The molecular formula is C16H32N2. The van der Waals surface area contributed by atoms with Gasteiger partial charge in [0.15, 0.2) is 0 Å². The van der Waals surface area contributed by atoms with Crippen LogP contribution in [-0.2, 0) is 0 Å². The number of nitrogens with zero attached hydrogens (tertiary/aromatic N) is 1. The molecule has 2 heteroatoms. The molecule has 2 rings (SSSR count). The lowest BCUT2D eigenvalue weighted by Crippen LogP contribution is -2.39. The van der Waals surface area contributed by atoms with Crippen molar-refractivity contribution in [2.75, 3.05) is 26.2 Å². The molecule has 1 aliphatic carbocycles. The Labute approximate surface area is 114 Å². The minimum atomic E-state index is 0.637. The highest BCUT2D eigenvalue weighted by atomic mass is 15.1. The highest BCUT2D eigenvalue weighted by Crippen LogP contribution is 2.33. The van der Waals surface area contributed by atoms with Crippen molar-refractivity contribution < 1.29 is 0 Å². The van der Waals surface area contributed by atoms with Crippen molar-refractivity contribution in [2.45, 2.75) is 71.3 Å². The van der Waals surface area contributed by atoms with Gasteiger partial charge in [-0.15, -0.1) is 0 Å². The van der Waals surface area contributed by atoms with E-state index in [2.05, 4.69) is 24.1 Å². The first-order valence-corrected chi connectivity index (χ1v) is 8.18. The zero-order valence-corrected chi connectivity index (χ0v) is 12.5. The van der Waals surface area contributed by atoms with E-state index >= 15 is 0 Å². The van der Waals surface area contributed by atoms with Crippen molar-refractivity contribution in [3.05, 3.63) is 0 Å². The topological polar surface area (TPSA) is 15.3 Å². The van der Waals surface area contributed by atoms with Crippen molar-refractivity contribution in [1.29, 1.82) is 0 Å². The summed E-state index contributed by atoms with van der Waals surface area (Å²) in [6.45, 7) is 10.0. The van der Waals surface area contributed by atoms with Gasteiger partial charge in [-0.2, -0.15) is 0 Å². The van der Waals surface area contributed by atoms with E-state index in [-0.39, 0.29) is 0 Å². The van der Waals surface area contributed by atoms with Crippen LogP contribution in [0.25, 0.3) is 0 Å². The highest BCUT2D eigenvalue weighted by molar-refractivity contribution is 4.81. The summed E-state index contributed by atoms with van der Waals surface area (Å²) in [7, 11) is 0. The zero-order chi connectivity index (χ0) is 12.8. The maximum atomic E-state index is 3.72. The molecule has 0 aromatic rings. The summed E-state index contributed by atoms with van der Waals surface area (Å²) in [5.41, 5.74) is 0.637. The molecule has 0 aromatic heterocycles. The lowest BCUT2D eigenvalue weighted by Gasteiger charge is -2.39. The van der Waals surface area contributed by atoms with Crippen LogP contribution in [0, 0.1) is 5.41 Å². The first-order chi connectivity index (χ1) is 8.72. The van der Waals surface area contributed by atoms with E-state index in [4.69, 9.17) is 0 Å². The number of likely N-dealkylation sites (tertiary alicyclic amines) is 1. The molecule has 0 spiro atoms. The van der Waals surface area contributed by atoms with E-state index < -0.39 is 0 Å². The monoisotopic (exact) mass is 252 g/mol. The highest BCUT2D eigenvalue weighted by Gasteiger charge is 2.27. The SMILES string of the molecule is CCC1(C)CCN(CCCNC2CCCC2)CC1. The second-order valence-corrected chi connectivity index (χ2v) is 6.79. The molecule has 106 valence electrons. The molecule has 0 atom stereocenters. The van der Waals surface area contributed by atoms with E-state index in [9.17, 15) is 0 Å². The second-order valence-electron chi connectivity index (χ2n) is 6.79. The molecule has 0 unspecified atom stereocenters. The number of rotatable bonds is 6. The lowest BCUT2D eigenvalue weighted by atomic mass is 9.78. The summed E-state index contributed by atoms with van der Waals surface area (Å²) in [5.74, 6) is 0. The van der Waals surface area contributed by atoms with Crippen LogP contribution in [0.1, 0.15) is 65.2 Å². The standard InChI is InChI=1S/C16H32N2/c1-3-16(2)9-13-18(14-10-16)12-6-11-17-15-7-4-5-8-15/h15,17H,3-14H2,1-2H3. The van der Waals surface area contributed by atoms with Gasteiger partial charge in [-0.25, -0.2) is 0 Å². The second kappa shape index (κ2) is 6.91. The van der Waals surface area contributed by atoms with Crippen LogP contribution < -0.4 is 5.32 Å². The van der Waals surface area contributed by atoms with Gasteiger partial charge in [0.25, 0.3) is 0 Å². The van der Waals surface area contributed by atoms with Crippen LogP contribution in [0.4, 0.5) is 0 Å². The van der Waals surface area contributed by atoms with Crippen molar-refractivity contribution in [3.63, 3.8) is 0 Å². The average Bonchev–Trinajstić information content (AvgIpc) is 2.90. The van der Waals surface area contributed by atoms with Crippen LogP contribution in [-0.4, -0.2) is 37.1 Å². The molecule has 2 aliphatic rings. The average molecular weight is 252 g/mol. The van der Waals surface area contributed by atoms with Crippen LogP contribution in [0.5, 0.6) is 0 Å². The van der Waals surface area contributed by atoms with Gasteiger partial charge in [-0.1, -0.05) is 33.1 Å². The first kappa shape index (κ1) is 14.3. The largest absolute Gasteiger partial charge is 0.314 e.